The molecule has 4 aromatic rings. The molecule has 27 heavy (non-hydrogen) atoms. The van der Waals surface area contributed by atoms with Crippen LogP contribution in [0.2, 0.25) is 0 Å². The largest absolute Gasteiger partial charge is 0.350 e. The number of hydrogen-bond acceptors (Lipinski definition) is 2. The fourth-order valence-corrected chi connectivity index (χ4v) is 3.62. The average Bonchev–Trinajstić information content (AvgIpc) is 2.95. The second-order valence-corrected chi connectivity index (χ2v) is 6.71. The minimum Gasteiger partial charge on any atom is -0.350 e. The highest BCUT2D eigenvalue weighted by Gasteiger charge is 2.14. The highest BCUT2D eigenvalue weighted by molar-refractivity contribution is 6.08. The van der Waals surface area contributed by atoms with E-state index in [0.717, 1.165) is 27.6 Å². The molecule has 4 nitrogen and oxygen atoms in total. The van der Waals surface area contributed by atoms with Gasteiger partial charge in [0.2, 0.25) is 0 Å². The number of nitrogens with one attached hydrogen (secondary N) is 1. The third-order valence-corrected chi connectivity index (χ3v) is 4.75. The standard InChI is InChI=1S/C22H20FN3O/c1-14-12-15(2)25-21-20(14)18-8-3-4-9-19(18)26(21)11-10-24-22(27)16-6-5-7-17(23)13-16/h3-9,12-13H,10-11H2,1-2H3,(H,24,27). The van der Waals surface area contributed by atoms with Gasteiger partial charge in [0.05, 0.1) is 5.52 Å². The summed E-state index contributed by atoms with van der Waals surface area (Å²) in [5.74, 6) is -0.698. The predicted octanol–water partition coefficient (Wildman–Crippen LogP) is 4.38. The number of aryl methyl sites for hydroxylation is 2. The third kappa shape index (κ3) is 3.16. The first kappa shape index (κ1) is 17.2. The Morgan fingerprint density at radius 1 is 1.11 bits per heavy atom. The summed E-state index contributed by atoms with van der Waals surface area (Å²) in [4.78, 5) is 17.0. The monoisotopic (exact) mass is 361 g/mol. The zero-order valence-corrected chi connectivity index (χ0v) is 15.3. The first-order chi connectivity index (χ1) is 13.0. The second kappa shape index (κ2) is 6.83. The van der Waals surface area contributed by atoms with Crippen molar-refractivity contribution in [3.8, 4) is 0 Å². The minimum atomic E-state index is -0.416. The van der Waals surface area contributed by atoms with E-state index in [2.05, 4.69) is 35.0 Å². The van der Waals surface area contributed by atoms with Crippen LogP contribution in [0, 0.1) is 19.7 Å². The van der Waals surface area contributed by atoms with Crippen molar-refractivity contribution in [1.29, 1.82) is 0 Å². The summed E-state index contributed by atoms with van der Waals surface area (Å²) in [5.41, 5.74) is 4.49. The van der Waals surface area contributed by atoms with Gasteiger partial charge in [-0.1, -0.05) is 24.3 Å². The molecule has 0 saturated carbocycles. The quantitative estimate of drug-likeness (QED) is 0.586. The van der Waals surface area contributed by atoms with Crippen molar-refractivity contribution in [1.82, 2.24) is 14.9 Å². The summed E-state index contributed by atoms with van der Waals surface area (Å²) in [5, 5.41) is 5.18. The van der Waals surface area contributed by atoms with Crippen molar-refractivity contribution in [3.63, 3.8) is 0 Å². The van der Waals surface area contributed by atoms with E-state index >= 15 is 0 Å². The van der Waals surface area contributed by atoms with E-state index in [-0.39, 0.29) is 5.91 Å². The van der Waals surface area contributed by atoms with Gasteiger partial charge in [-0.05, 0) is 49.7 Å². The third-order valence-electron chi connectivity index (χ3n) is 4.75. The molecule has 1 N–H and O–H groups in total. The van der Waals surface area contributed by atoms with Crippen LogP contribution in [-0.4, -0.2) is 22.0 Å². The van der Waals surface area contributed by atoms with Crippen molar-refractivity contribution in [2.45, 2.75) is 20.4 Å². The summed E-state index contributed by atoms with van der Waals surface area (Å²) in [6.45, 7) is 5.10. The van der Waals surface area contributed by atoms with Crippen LogP contribution in [0.4, 0.5) is 4.39 Å². The van der Waals surface area contributed by atoms with Crippen molar-refractivity contribution in [2.75, 3.05) is 6.54 Å². The molecule has 0 saturated heterocycles. The fourth-order valence-electron chi connectivity index (χ4n) is 3.62. The van der Waals surface area contributed by atoms with Crippen LogP contribution in [0.25, 0.3) is 21.9 Å². The Morgan fingerprint density at radius 3 is 2.74 bits per heavy atom. The molecule has 0 atom stereocenters. The number of aromatic nitrogens is 2. The van der Waals surface area contributed by atoms with Crippen LogP contribution in [0.3, 0.4) is 0 Å². The zero-order chi connectivity index (χ0) is 19.0. The lowest BCUT2D eigenvalue weighted by molar-refractivity contribution is 0.0952. The molecule has 0 aliphatic rings. The minimum absolute atomic E-state index is 0.282. The van der Waals surface area contributed by atoms with E-state index in [9.17, 15) is 9.18 Å². The first-order valence-corrected chi connectivity index (χ1v) is 8.93. The van der Waals surface area contributed by atoms with Gasteiger partial charge in [-0.2, -0.15) is 0 Å². The number of hydrogen-bond donors (Lipinski definition) is 1. The van der Waals surface area contributed by atoms with Crippen LogP contribution in [0.5, 0.6) is 0 Å². The molecule has 4 rings (SSSR count). The Hall–Kier alpha value is -3.21. The molecule has 0 fully saturated rings. The van der Waals surface area contributed by atoms with Crippen LogP contribution >= 0.6 is 0 Å². The maximum absolute atomic E-state index is 13.3. The van der Waals surface area contributed by atoms with Gasteiger partial charge >= 0.3 is 0 Å². The first-order valence-electron chi connectivity index (χ1n) is 8.93. The van der Waals surface area contributed by atoms with Crippen LogP contribution < -0.4 is 5.32 Å². The summed E-state index contributed by atoms with van der Waals surface area (Å²) >= 11 is 0. The van der Waals surface area contributed by atoms with Gasteiger partial charge < -0.3 is 9.88 Å². The maximum Gasteiger partial charge on any atom is 0.251 e. The Morgan fingerprint density at radius 2 is 1.93 bits per heavy atom. The van der Waals surface area contributed by atoms with E-state index in [1.54, 1.807) is 6.07 Å². The van der Waals surface area contributed by atoms with Crippen LogP contribution in [-0.2, 0) is 6.54 Å². The summed E-state index contributed by atoms with van der Waals surface area (Å²) in [7, 11) is 0. The SMILES string of the molecule is Cc1cc(C)c2c3ccccc3n(CCNC(=O)c3cccc(F)c3)c2n1. The summed E-state index contributed by atoms with van der Waals surface area (Å²) in [6.07, 6.45) is 0. The summed E-state index contributed by atoms with van der Waals surface area (Å²) < 4.78 is 15.4. The molecule has 0 aliphatic heterocycles. The highest BCUT2D eigenvalue weighted by Crippen LogP contribution is 2.30. The number of fused-ring (bicyclic) bond motifs is 3. The molecular formula is C22H20FN3O. The van der Waals surface area contributed by atoms with Gasteiger partial charge in [-0.25, -0.2) is 9.37 Å². The molecule has 0 spiro atoms. The zero-order valence-electron chi connectivity index (χ0n) is 15.3. The molecule has 136 valence electrons. The van der Waals surface area contributed by atoms with Crippen molar-refractivity contribution in [2.24, 2.45) is 0 Å². The number of benzene rings is 2. The molecule has 2 heterocycles. The van der Waals surface area contributed by atoms with Gasteiger partial charge in [0.1, 0.15) is 11.5 Å². The maximum atomic E-state index is 13.3. The number of rotatable bonds is 4. The molecule has 0 unspecified atom stereocenters. The number of carbonyl (C=O) groups excluding carboxylic acids is 1. The Labute approximate surface area is 156 Å². The molecule has 0 aliphatic carbocycles. The Bertz CT molecular complexity index is 1160. The summed E-state index contributed by atoms with van der Waals surface area (Å²) in [6, 6.07) is 16.0. The lowest BCUT2D eigenvalue weighted by Crippen LogP contribution is -2.27. The molecule has 2 aromatic carbocycles. The molecular weight excluding hydrogens is 341 g/mol. The predicted molar refractivity (Wildman–Crippen MR) is 105 cm³/mol. The number of nitrogens with zero attached hydrogens (tertiary/aromatic N) is 2. The van der Waals surface area contributed by atoms with Crippen LogP contribution in [0.1, 0.15) is 21.6 Å². The smallest absolute Gasteiger partial charge is 0.251 e. The number of pyridine rings is 1. The van der Waals surface area contributed by atoms with Gasteiger partial charge in [0.25, 0.3) is 5.91 Å². The van der Waals surface area contributed by atoms with E-state index in [0.29, 0.717) is 18.7 Å². The number of halogens is 1. The van der Waals surface area contributed by atoms with Gasteiger partial charge in [0, 0.05) is 35.1 Å². The molecule has 1 amide bonds. The Balaban J connectivity index is 1.64. The van der Waals surface area contributed by atoms with E-state index in [1.807, 2.05) is 19.1 Å². The Kier molecular flexibility index (Phi) is 4.36. The molecule has 0 bridgehead atoms. The van der Waals surface area contributed by atoms with Crippen molar-refractivity contribution in [3.05, 3.63) is 77.2 Å². The lowest BCUT2D eigenvalue weighted by Gasteiger charge is -2.09. The molecule has 5 heteroatoms. The van der Waals surface area contributed by atoms with E-state index in [4.69, 9.17) is 4.98 Å². The normalized spacial score (nSPS) is 11.2. The van der Waals surface area contributed by atoms with Gasteiger partial charge in [0.15, 0.2) is 0 Å². The van der Waals surface area contributed by atoms with Crippen molar-refractivity contribution < 1.29 is 9.18 Å². The number of para-hydroxylation sites is 1. The second-order valence-electron chi connectivity index (χ2n) is 6.71. The fraction of sp³-hybridized carbons (Fsp3) is 0.182. The molecule has 0 radical (unpaired) electrons. The van der Waals surface area contributed by atoms with E-state index < -0.39 is 5.82 Å². The van der Waals surface area contributed by atoms with Gasteiger partial charge in [-0.3, -0.25) is 4.79 Å². The number of carbonyl (C=O) groups is 1. The van der Waals surface area contributed by atoms with Crippen molar-refractivity contribution >= 4 is 27.8 Å². The lowest BCUT2D eigenvalue weighted by atomic mass is 10.1. The molecule has 2 aromatic heterocycles. The topological polar surface area (TPSA) is 46.9 Å². The highest BCUT2D eigenvalue weighted by atomic mass is 19.1. The van der Waals surface area contributed by atoms with Crippen LogP contribution in [0.15, 0.2) is 54.6 Å². The van der Waals surface area contributed by atoms with E-state index in [1.165, 1.54) is 23.8 Å². The average molecular weight is 361 g/mol. The van der Waals surface area contributed by atoms with Gasteiger partial charge in [-0.15, -0.1) is 0 Å². The number of amides is 1.